The summed E-state index contributed by atoms with van der Waals surface area (Å²) in [5.74, 6) is 0. The third-order valence-electron chi connectivity index (χ3n) is 6.98. The van der Waals surface area contributed by atoms with Crippen LogP contribution in [0.2, 0.25) is 0 Å². The van der Waals surface area contributed by atoms with Gasteiger partial charge in [0.1, 0.15) is 6.29 Å². The second-order valence-corrected chi connectivity index (χ2v) is 9.17. The molecule has 1 aliphatic rings. The number of allylic oxidation sites excluding steroid dienone is 9. The largest absolute Gasteiger partial charge is 0.311 e. The van der Waals surface area contributed by atoms with Gasteiger partial charge in [-0.3, -0.25) is 0 Å². The summed E-state index contributed by atoms with van der Waals surface area (Å²) in [4.78, 5) is 13.4. The van der Waals surface area contributed by atoms with Crippen LogP contribution in [0.3, 0.4) is 0 Å². The molecule has 0 saturated heterocycles. The second-order valence-electron chi connectivity index (χ2n) is 9.17. The number of hydrogen-bond acceptors (Lipinski definition) is 2. The Morgan fingerprint density at radius 1 is 0.833 bits per heavy atom. The SMILES string of the molecule is C/C=C\C1=C(C)C(c2ccccc2)(c2ccc(C)cc2)C(C)=C(/C=C\CC)N1C(/C=C\CC=O)=C/C. The van der Waals surface area contributed by atoms with E-state index in [0.717, 1.165) is 29.8 Å². The molecule has 2 nitrogen and oxygen atoms in total. The van der Waals surface area contributed by atoms with Crippen molar-refractivity contribution in [1.82, 2.24) is 4.90 Å². The van der Waals surface area contributed by atoms with Crippen LogP contribution in [0.25, 0.3) is 0 Å². The summed E-state index contributed by atoms with van der Waals surface area (Å²) in [6, 6.07) is 19.8. The molecule has 2 aromatic carbocycles. The molecule has 1 heterocycles. The van der Waals surface area contributed by atoms with Gasteiger partial charge in [-0.2, -0.15) is 0 Å². The fourth-order valence-electron chi connectivity index (χ4n) is 5.26. The van der Waals surface area contributed by atoms with E-state index in [4.69, 9.17) is 0 Å². The van der Waals surface area contributed by atoms with Gasteiger partial charge >= 0.3 is 0 Å². The highest BCUT2D eigenvalue weighted by Crippen LogP contribution is 2.52. The number of carbonyl (C=O) groups excluding carboxylic acids is 1. The van der Waals surface area contributed by atoms with Crippen LogP contribution in [0, 0.1) is 6.92 Å². The maximum Gasteiger partial charge on any atom is 0.123 e. The van der Waals surface area contributed by atoms with Crippen LogP contribution in [0.4, 0.5) is 0 Å². The number of aldehydes is 1. The van der Waals surface area contributed by atoms with Crippen LogP contribution in [0.1, 0.15) is 64.2 Å². The molecule has 3 rings (SSSR count). The Bertz CT molecular complexity index is 1240. The minimum absolute atomic E-state index is 0.396. The lowest BCUT2D eigenvalue weighted by Crippen LogP contribution is -2.40. The first-order valence-corrected chi connectivity index (χ1v) is 12.9. The molecule has 0 bridgehead atoms. The van der Waals surface area contributed by atoms with Crippen molar-refractivity contribution in [3.8, 4) is 0 Å². The smallest absolute Gasteiger partial charge is 0.123 e. The van der Waals surface area contributed by atoms with E-state index in [-0.39, 0.29) is 0 Å². The minimum Gasteiger partial charge on any atom is -0.311 e. The predicted molar refractivity (Wildman–Crippen MR) is 153 cm³/mol. The highest BCUT2D eigenvalue weighted by atomic mass is 16.1. The van der Waals surface area contributed by atoms with Gasteiger partial charge in [0.2, 0.25) is 0 Å². The summed E-state index contributed by atoms with van der Waals surface area (Å²) >= 11 is 0. The van der Waals surface area contributed by atoms with Crippen molar-refractivity contribution < 1.29 is 4.79 Å². The number of benzene rings is 2. The zero-order valence-electron chi connectivity index (χ0n) is 22.6. The molecule has 0 aromatic heterocycles. The Kier molecular flexibility index (Phi) is 9.25. The van der Waals surface area contributed by atoms with Crippen molar-refractivity contribution in [2.24, 2.45) is 0 Å². The van der Waals surface area contributed by atoms with Crippen LogP contribution >= 0.6 is 0 Å². The maximum atomic E-state index is 11.0. The van der Waals surface area contributed by atoms with E-state index in [1.807, 2.05) is 6.08 Å². The minimum atomic E-state index is -0.418. The van der Waals surface area contributed by atoms with Crippen LogP contribution < -0.4 is 0 Å². The number of carbonyl (C=O) groups is 1. The summed E-state index contributed by atoms with van der Waals surface area (Å²) < 4.78 is 0. The van der Waals surface area contributed by atoms with Crippen LogP contribution in [-0.2, 0) is 10.2 Å². The van der Waals surface area contributed by atoms with E-state index in [2.05, 4.69) is 137 Å². The van der Waals surface area contributed by atoms with Crippen molar-refractivity contribution in [2.75, 3.05) is 0 Å². The van der Waals surface area contributed by atoms with Gasteiger partial charge in [-0.15, -0.1) is 0 Å². The molecule has 0 radical (unpaired) electrons. The monoisotopic (exact) mass is 477 g/mol. The Labute approximate surface area is 217 Å². The lowest BCUT2D eigenvalue weighted by molar-refractivity contribution is -0.107. The van der Waals surface area contributed by atoms with Crippen LogP contribution in [0.15, 0.2) is 125 Å². The van der Waals surface area contributed by atoms with Crippen molar-refractivity contribution >= 4 is 6.29 Å². The molecule has 1 unspecified atom stereocenters. The molecule has 0 amide bonds. The van der Waals surface area contributed by atoms with Gasteiger partial charge in [0.15, 0.2) is 0 Å². The first-order valence-electron chi connectivity index (χ1n) is 12.9. The fourth-order valence-corrected chi connectivity index (χ4v) is 5.26. The molecule has 2 aromatic rings. The summed E-state index contributed by atoms with van der Waals surface area (Å²) in [6.45, 7) is 13.0. The lowest BCUT2D eigenvalue weighted by atomic mass is 9.62. The maximum absolute atomic E-state index is 11.0. The number of hydrogen-bond donors (Lipinski definition) is 0. The Morgan fingerprint density at radius 2 is 1.44 bits per heavy atom. The quantitative estimate of drug-likeness (QED) is 0.266. The van der Waals surface area contributed by atoms with E-state index in [0.29, 0.717) is 6.42 Å². The first-order chi connectivity index (χ1) is 17.5. The summed E-state index contributed by atoms with van der Waals surface area (Å²) in [5.41, 5.74) is 9.24. The average molecular weight is 478 g/mol. The molecule has 0 N–H and O–H groups in total. The molecule has 2 heteroatoms. The Hall–Kier alpha value is -3.65. The van der Waals surface area contributed by atoms with Gasteiger partial charge in [-0.1, -0.05) is 91.4 Å². The van der Waals surface area contributed by atoms with E-state index in [1.54, 1.807) is 0 Å². The number of rotatable bonds is 9. The molecule has 0 aliphatic carbocycles. The molecule has 1 atom stereocenters. The predicted octanol–water partition coefficient (Wildman–Crippen LogP) is 8.74. The van der Waals surface area contributed by atoms with Crippen molar-refractivity contribution in [3.05, 3.63) is 142 Å². The van der Waals surface area contributed by atoms with Gasteiger partial charge in [0.05, 0.1) is 5.41 Å². The lowest BCUT2D eigenvalue weighted by Gasteiger charge is -2.47. The Morgan fingerprint density at radius 3 is 2.00 bits per heavy atom. The van der Waals surface area contributed by atoms with Crippen LogP contribution in [0.5, 0.6) is 0 Å². The zero-order chi connectivity index (χ0) is 26.1. The molecule has 0 saturated carbocycles. The number of aryl methyl sites for hydroxylation is 1. The number of nitrogens with zero attached hydrogens (tertiary/aromatic N) is 1. The van der Waals surface area contributed by atoms with Crippen molar-refractivity contribution in [1.29, 1.82) is 0 Å². The molecule has 0 fully saturated rings. The molecule has 36 heavy (non-hydrogen) atoms. The first kappa shape index (κ1) is 26.9. The topological polar surface area (TPSA) is 20.3 Å². The van der Waals surface area contributed by atoms with Crippen molar-refractivity contribution in [2.45, 2.75) is 59.8 Å². The van der Waals surface area contributed by atoms with E-state index in [9.17, 15) is 4.79 Å². The van der Waals surface area contributed by atoms with E-state index >= 15 is 0 Å². The van der Waals surface area contributed by atoms with E-state index < -0.39 is 5.41 Å². The van der Waals surface area contributed by atoms with Crippen LogP contribution in [-0.4, -0.2) is 11.2 Å². The molecular formula is C34H39NO. The standard InChI is InChI=1S/C34H39NO/c1-7-10-20-33-28(6)34(29-17-12-11-13-18-29,30-23-21-26(4)22-24-30)27(5)32(16-8-2)35(33)31(9-3)19-14-15-25-36/h8-14,16-25H,7,15H2,1-6H3/b16-8-,19-14-,20-10-,31-9+. The van der Waals surface area contributed by atoms with Gasteiger partial charge in [0.25, 0.3) is 0 Å². The van der Waals surface area contributed by atoms with Gasteiger partial charge in [0, 0.05) is 23.5 Å². The summed E-state index contributed by atoms with van der Waals surface area (Å²) in [5, 5.41) is 0. The third kappa shape index (κ3) is 4.99. The molecular weight excluding hydrogens is 438 g/mol. The highest BCUT2D eigenvalue weighted by molar-refractivity contribution is 5.64. The Balaban J connectivity index is 2.49. The normalized spacial score (nSPS) is 19.4. The molecule has 1 aliphatic heterocycles. The highest BCUT2D eigenvalue weighted by Gasteiger charge is 2.45. The molecule has 0 spiro atoms. The second kappa shape index (κ2) is 12.4. The third-order valence-corrected chi connectivity index (χ3v) is 6.98. The molecule has 186 valence electrons. The van der Waals surface area contributed by atoms with Gasteiger partial charge in [-0.25, -0.2) is 0 Å². The zero-order valence-corrected chi connectivity index (χ0v) is 22.6. The van der Waals surface area contributed by atoms with Gasteiger partial charge < -0.3 is 9.69 Å². The summed E-state index contributed by atoms with van der Waals surface area (Å²) in [7, 11) is 0. The van der Waals surface area contributed by atoms with Gasteiger partial charge in [-0.05, 0) is 81.5 Å². The fraction of sp³-hybridized carbons (Fsp3) is 0.265. The average Bonchev–Trinajstić information content (AvgIpc) is 2.90. The van der Waals surface area contributed by atoms with Crippen molar-refractivity contribution in [3.63, 3.8) is 0 Å². The summed E-state index contributed by atoms with van der Waals surface area (Å²) in [6.07, 6.45) is 17.2. The van der Waals surface area contributed by atoms with E-state index in [1.165, 1.54) is 27.8 Å².